The van der Waals surface area contributed by atoms with Gasteiger partial charge in [0.15, 0.2) is 0 Å². The number of benzene rings is 1. The maximum atomic E-state index is 13.3. The van der Waals surface area contributed by atoms with Crippen LogP contribution in [0, 0.1) is 5.82 Å². The normalized spacial score (nSPS) is 15.3. The first-order chi connectivity index (χ1) is 13.5. The molecule has 28 heavy (non-hydrogen) atoms. The predicted molar refractivity (Wildman–Crippen MR) is 106 cm³/mol. The topological polar surface area (TPSA) is 79.0 Å². The van der Waals surface area contributed by atoms with E-state index in [0.717, 1.165) is 28.7 Å². The third-order valence-corrected chi connectivity index (χ3v) is 7.44. The smallest absolute Gasteiger partial charge is 0.274 e. The van der Waals surface area contributed by atoms with Crippen LogP contribution in [0.15, 0.2) is 46.0 Å². The lowest BCUT2D eigenvalue weighted by Crippen LogP contribution is -2.44. The molecule has 1 aliphatic rings. The first-order valence-electron chi connectivity index (χ1n) is 8.85. The molecule has 1 aromatic heterocycles. The SMILES string of the molecule is O=C(CN(c1ccc(F)cc1)S(=O)(=O)c1cccs1)NCCN1CCOCC1. The van der Waals surface area contributed by atoms with Crippen LogP contribution in [0.2, 0.25) is 0 Å². The van der Waals surface area contributed by atoms with Gasteiger partial charge in [-0.15, -0.1) is 11.3 Å². The van der Waals surface area contributed by atoms with Crippen molar-refractivity contribution in [3.8, 4) is 0 Å². The number of hydrogen-bond donors (Lipinski definition) is 1. The summed E-state index contributed by atoms with van der Waals surface area (Å²) in [6.45, 7) is 3.67. The highest BCUT2D eigenvalue weighted by molar-refractivity contribution is 7.94. The van der Waals surface area contributed by atoms with E-state index in [2.05, 4.69) is 10.2 Å². The first kappa shape index (κ1) is 20.7. The number of anilines is 1. The molecule has 0 unspecified atom stereocenters. The van der Waals surface area contributed by atoms with Gasteiger partial charge in [-0.25, -0.2) is 12.8 Å². The number of nitrogens with zero attached hydrogens (tertiary/aromatic N) is 2. The van der Waals surface area contributed by atoms with Gasteiger partial charge in [-0.3, -0.25) is 14.0 Å². The Kier molecular flexibility index (Phi) is 7.00. The van der Waals surface area contributed by atoms with Gasteiger partial charge in [0.05, 0.1) is 18.9 Å². The molecule has 0 atom stereocenters. The molecule has 1 saturated heterocycles. The summed E-state index contributed by atoms with van der Waals surface area (Å²) in [5.41, 5.74) is 0.234. The molecular weight excluding hydrogens is 405 g/mol. The molecule has 3 rings (SSSR count). The molecule has 152 valence electrons. The van der Waals surface area contributed by atoms with E-state index in [9.17, 15) is 17.6 Å². The van der Waals surface area contributed by atoms with E-state index < -0.39 is 21.7 Å². The summed E-state index contributed by atoms with van der Waals surface area (Å²) < 4.78 is 45.6. The fourth-order valence-corrected chi connectivity index (χ4v) is 5.33. The number of morpholine rings is 1. The van der Waals surface area contributed by atoms with Crippen molar-refractivity contribution in [2.75, 3.05) is 50.2 Å². The number of halogens is 1. The van der Waals surface area contributed by atoms with Gasteiger partial charge in [-0.05, 0) is 35.7 Å². The molecule has 1 aliphatic heterocycles. The van der Waals surface area contributed by atoms with E-state index in [1.807, 2.05) is 0 Å². The highest BCUT2D eigenvalue weighted by Crippen LogP contribution is 2.26. The van der Waals surface area contributed by atoms with Crippen LogP contribution in [0.4, 0.5) is 10.1 Å². The molecule has 1 N–H and O–H groups in total. The zero-order chi connectivity index (χ0) is 20.0. The molecule has 7 nitrogen and oxygen atoms in total. The zero-order valence-corrected chi connectivity index (χ0v) is 16.8. The van der Waals surface area contributed by atoms with Crippen LogP contribution in [0.25, 0.3) is 0 Å². The zero-order valence-electron chi connectivity index (χ0n) is 15.2. The third-order valence-electron chi connectivity index (χ3n) is 4.30. The highest BCUT2D eigenvalue weighted by Gasteiger charge is 2.28. The van der Waals surface area contributed by atoms with Gasteiger partial charge in [0.2, 0.25) is 5.91 Å². The average molecular weight is 428 g/mol. The fraction of sp³-hybridized carbons (Fsp3) is 0.389. The Labute approximate surface area is 167 Å². The molecule has 1 aromatic carbocycles. The van der Waals surface area contributed by atoms with Crippen molar-refractivity contribution in [1.82, 2.24) is 10.2 Å². The van der Waals surface area contributed by atoms with E-state index in [1.54, 1.807) is 11.4 Å². The number of rotatable bonds is 8. The summed E-state index contributed by atoms with van der Waals surface area (Å²) in [4.78, 5) is 14.6. The number of ether oxygens (including phenoxy) is 1. The van der Waals surface area contributed by atoms with Crippen LogP contribution in [-0.4, -0.2) is 65.2 Å². The number of amides is 1. The second-order valence-corrected chi connectivity index (χ2v) is 9.26. The number of carbonyl (C=O) groups excluding carboxylic acids is 1. The van der Waals surface area contributed by atoms with Crippen LogP contribution < -0.4 is 9.62 Å². The van der Waals surface area contributed by atoms with Gasteiger partial charge in [0.1, 0.15) is 16.6 Å². The summed E-state index contributed by atoms with van der Waals surface area (Å²) in [7, 11) is -3.92. The predicted octanol–water partition coefficient (Wildman–Crippen LogP) is 1.53. The number of thiophene rings is 1. The van der Waals surface area contributed by atoms with Crippen molar-refractivity contribution >= 4 is 33.0 Å². The summed E-state index contributed by atoms with van der Waals surface area (Å²) in [5, 5.41) is 4.41. The molecule has 0 aliphatic carbocycles. The van der Waals surface area contributed by atoms with Gasteiger partial charge < -0.3 is 10.1 Å². The third kappa shape index (κ3) is 5.28. The molecule has 1 fully saturated rings. The maximum absolute atomic E-state index is 13.3. The Morgan fingerprint density at radius 3 is 2.57 bits per heavy atom. The molecule has 2 heterocycles. The lowest BCUT2D eigenvalue weighted by atomic mass is 10.3. The van der Waals surface area contributed by atoms with E-state index in [4.69, 9.17) is 4.74 Å². The molecule has 0 radical (unpaired) electrons. The lowest BCUT2D eigenvalue weighted by Gasteiger charge is -2.27. The van der Waals surface area contributed by atoms with Crippen molar-refractivity contribution in [3.05, 3.63) is 47.6 Å². The average Bonchev–Trinajstić information content (AvgIpc) is 3.23. The second-order valence-electron chi connectivity index (χ2n) is 6.22. The molecule has 0 spiro atoms. The van der Waals surface area contributed by atoms with Crippen LogP contribution in [0.5, 0.6) is 0 Å². The molecule has 1 amide bonds. The monoisotopic (exact) mass is 427 g/mol. The van der Waals surface area contributed by atoms with E-state index in [1.165, 1.54) is 30.3 Å². The minimum atomic E-state index is -3.92. The van der Waals surface area contributed by atoms with Crippen LogP contribution in [0.3, 0.4) is 0 Å². The summed E-state index contributed by atoms with van der Waals surface area (Å²) in [5.74, 6) is -0.898. The van der Waals surface area contributed by atoms with Crippen molar-refractivity contribution in [1.29, 1.82) is 0 Å². The van der Waals surface area contributed by atoms with Crippen molar-refractivity contribution in [3.63, 3.8) is 0 Å². The molecule has 0 saturated carbocycles. The largest absolute Gasteiger partial charge is 0.379 e. The standard InChI is InChI=1S/C18H22FN3O4S2/c19-15-3-5-16(6-4-15)22(28(24,25)18-2-1-13-27-18)14-17(23)20-7-8-21-9-11-26-12-10-21/h1-6,13H,7-12,14H2,(H,20,23). The summed E-state index contributed by atoms with van der Waals surface area (Å²) in [6.07, 6.45) is 0. The number of hydrogen-bond acceptors (Lipinski definition) is 6. The fourth-order valence-electron chi connectivity index (χ4n) is 2.81. The van der Waals surface area contributed by atoms with Crippen molar-refractivity contribution < 1.29 is 22.3 Å². The molecule has 2 aromatic rings. The Balaban J connectivity index is 1.68. The maximum Gasteiger partial charge on any atom is 0.274 e. The Morgan fingerprint density at radius 2 is 1.93 bits per heavy atom. The van der Waals surface area contributed by atoms with Crippen LogP contribution in [-0.2, 0) is 19.6 Å². The Hall–Kier alpha value is -2.01. The van der Waals surface area contributed by atoms with E-state index in [-0.39, 0.29) is 16.4 Å². The quantitative estimate of drug-likeness (QED) is 0.691. The van der Waals surface area contributed by atoms with Gasteiger partial charge in [0.25, 0.3) is 10.0 Å². The lowest BCUT2D eigenvalue weighted by molar-refractivity contribution is -0.119. The van der Waals surface area contributed by atoms with Crippen molar-refractivity contribution in [2.45, 2.75) is 4.21 Å². The van der Waals surface area contributed by atoms with Gasteiger partial charge in [-0.1, -0.05) is 6.07 Å². The van der Waals surface area contributed by atoms with Gasteiger partial charge >= 0.3 is 0 Å². The van der Waals surface area contributed by atoms with Crippen LogP contribution in [0.1, 0.15) is 0 Å². The number of carbonyl (C=O) groups is 1. The minimum Gasteiger partial charge on any atom is -0.379 e. The summed E-state index contributed by atoms with van der Waals surface area (Å²) in [6, 6.07) is 8.14. The number of nitrogens with one attached hydrogen (secondary N) is 1. The van der Waals surface area contributed by atoms with Gasteiger partial charge in [-0.2, -0.15) is 0 Å². The molecular formula is C18H22FN3O4S2. The summed E-state index contributed by atoms with van der Waals surface area (Å²) >= 11 is 1.07. The molecule has 10 heteroatoms. The van der Waals surface area contributed by atoms with E-state index in [0.29, 0.717) is 26.3 Å². The second kappa shape index (κ2) is 9.46. The van der Waals surface area contributed by atoms with Gasteiger partial charge in [0, 0.05) is 26.2 Å². The molecule has 0 bridgehead atoms. The minimum absolute atomic E-state index is 0.123. The Morgan fingerprint density at radius 1 is 1.21 bits per heavy atom. The van der Waals surface area contributed by atoms with E-state index >= 15 is 0 Å². The first-order valence-corrected chi connectivity index (χ1v) is 11.2. The number of sulfonamides is 1. The van der Waals surface area contributed by atoms with Crippen molar-refractivity contribution in [2.24, 2.45) is 0 Å². The highest BCUT2D eigenvalue weighted by atomic mass is 32.2. The Bertz CT molecular complexity index is 867. The van der Waals surface area contributed by atoms with Crippen LogP contribution >= 0.6 is 11.3 Å².